The monoisotopic (exact) mass is 473 g/mol. The number of amides is 1. The Bertz CT molecular complexity index is 1440. The van der Waals surface area contributed by atoms with Crippen LogP contribution in [0.5, 0.6) is 0 Å². The Hall–Kier alpha value is -4.59. The number of carbonyl (C=O) groups is 1. The van der Waals surface area contributed by atoms with Crippen LogP contribution in [0.15, 0.2) is 101 Å². The van der Waals surface area contributed by atoms with Gasteiger partial charge in [-0.15, -0.1) is 11.3 Å². The molecule has 168 valence electrons. The molecule has 2 atom stereocenters. The third kappa shape index (κ3) is 4.21. The van der Waals surface area contributed by atoms with Gasteiger partial charge in [0, 0.05) is 16.9 Å². The van der Waals surface area contributed by atoms with Crippen LogP contribution in [-0.2, 0) is 4.79 Å². The summed E-state index contributed by atoms with van der Waals surface area (Å²) in [5.74, 6) is -2.83. The molecule has 3 aromatic carbocycles. The van der Waals surface area contributed by atoms with E-state index in [9.17, 15) is 15.3 Å². The highest BCUT2D eigenvalue weighted by Gasteiger charge is 2.47. The smallest absolute Gasteiger partial charge is 0.259 e. The lowest BCUT2D eigenvalue weighted by Gasteiger charge is -2.25. The van der Waals surface area contributed by atoms with Crippen molar-refractivity contribution in [3.05, 3.63) is 108 Å². The topological polar surface area (TPSA) is 93.1 Å². The minimum absolute atomic E-state index is 0.304. The highest BCUT2D eigenvalue weighted by atomic mass is 32.1. The molecule has 6 nitrogen and oxygen atoms in total. The van der Waals surface area contributed by atoms with Crippen LogP contribution in [-0.4, -0.2) is 16.6 Å². The molecule has 0 bridgehead atoms. The molecule has 35 heavy (non-hydrogen) atoms. The molecule has 4 aromatic rings. The Morgan fingerprint density at radius 1 is 0.829 bits per heavy atom. The van der Waals surface area contributed by atoms with Crippen LogP contribution < -0.4 is 5.01 Å². The molecular weight excluding hydrogens is 454 g/mol. The minimum Gasteiger partial charge on any atom is -0.272 e. The van der Waals surface area contributed by atoms with E-state index < -0.39 is 17.8 Å². The van der Waals surface area contributed by atoms with Crippen molar-refractivity contribution < 1.29 is 4.79 Å². The van der Waals surface area contributed by atoms with Gasteiger partial charge in [-0.2, -0.15) is 20.6 Å². The molecule has 2 heterocycles. The van der Waals surface area contributed by atoms with E-state index >= 15 is 0 Å². The minimum atomic E-state index is -1.03. The summed E-state index contributed by atoms with van der Waals surface area (Å²) in [6.07, 6.45) is 0. The van der Waals surface area contributed by atoms with Gasteiger partial charge in [-0.25, -0.2) is 4.98 Å². The molecule has 0 fully saturated rings. The second kappa shape index (κ2) is 9.72. The Morgan fingerprint density at radius 3 is 2.00 bits per heavy atom. The van der Waals surface area contributed by atoms with E-state index in [1.807, 2.05) is 96.4 Å². The number of benzene rings is 3. The van der Waals surface area contributed by atoms with Gasteiger partial charge < -0.3 is 0 Å². The molecule has 0 N–H and O–H groups in total. The molecule has 1 amide bonds. The number of thiazole rings is 1. The van der Waals surface area contributed by atoms with Crippen molar-refractivity contribution in [2.24, 2.45) is 16.9 Å². The first kappa shape index (κ1) is 22.2. The van der Waals surface area contributed by atoms with E-state index in [0.29, 0.717) is 10.8 Å². The fraction of sp³-hybridized carbons (Fsp3) is 0.107. The molecule has 1 aliphatic rings. The molecule has 1 aromatic heterocycles. The zero-order chi connectivity index (χ0) is 24.2. The second-order valence-corrected chi connectivity index (χ2v) is 8.87. The second-order valence-electron chi connectivity index (χ2n) is 8.03. The lowest BCUT2D eigenvalue weighted by Crippen LogP contribution is -2.35. The van der Waals surface area contributed by atoms with Crippen molar-refractivity contribution in [1.82, 2.24) is 4.98 Å². The molecule has 0 spiro atoms. The average Bonchev–Trinajstić information content (AvgIpc) is 3.54. The van der Waals surface area contributed by atoms with Crippen LogP contribution in [0.4, 0.5) is 5.13 Å². The van der Waals surface area contributed by atoms with E-state index in [1.165, 1.54) is 16.3 Å². The summed E-state index contributed by atoms with van der Waals surface area (Å²) in [5, 5.41) is 28.0. The fourth-order valence-electron chi connectivity index (χ4n) is 4.32. The third-order valence-corrected chi connectivity index (χ3v) is 6.79. The summed E-state index contributed by atoms with van der Waals surface area (Å²) in [5.41, 5.74) is 3.74. The molecular formula is C28H19N5OS. The first-order chi connectivity index (χ1) is 17.2. The van der Waals surface area contributed by atoms with Gasteiger partial charge in [0.1, 0.15) is 5.92 Å². The SMILES string of the molecule is N#CC(C#N)[C@@H](c1ccccc1)[C@@H]1C(=O)N(c2nc(-c3ccccc3)cs2)N=C1c1ccccc1. The third-order valence-electron chi connectivity index (χ3n) is 5.97. The summed E-state index contributed by atoms with van der Waals surface area (Å²) >= 11 is 1.33. The van der Waals surface area contributed by atoms with Gasteiger partial charge in [0.15, 0.2) is 0 Å². The molecule has 5 rings (SSSR count). The van der Waals surface area contributed by atoms with Crippen LogP contribution in [0.3, 0.4) is 0 Å². The largest absolute Gasteiger partial charge is 0.272 e. The standard InChI is InChI=1S/C28H19N5OS/c29-16-22(17-30)24(20-12-6-2-7-13-20)25-26(21-14-8-3-9-15-21)32-33(27(25)34)28-31-23(18-35-28)19-10-4-1-5-11-19/h1-15,18,22,24-25H/t24-,25+/m1/s1. The summed E-state index contributed by atoms with van der Waals surface area (Å²) in [6.45, 7) is 0. The number of anilines is 1. The normalized spacial score (nSPS) is 16.0. The van der Waals surface area contributed by atoms with E-state index in [1.54, 1.807) is 0 Å². The molecule has 0 saturated heterocycles. The summed E-state index contributed by atoms with van der Waals surface area (Å²) in [4.78, 5) is 18.6. The fourth-order valence-corrected chi connectivity index (χ4v) is 5.11. The van der Waals surface area contributed by atoms with Gasteiger partial charge in [0.25, 0.3) is 5.91 Å². The van der Waals surface area contributed by atoms with Gasteiger partial charge >= 0.3 is 0 Å². The van der Waals surface area contributed by atoms with Crippen molar-refractivity contribution in [1.29, 1.82) is 10.5 Å². The number of nitrogens with zero attached hydrogens (tertiary/aromatic N) is 5. The lowest BCUT2D eigenvalue weighted by atomic mass is 9.74. The van der Waals surface area contributed by atoms with Crippen LogP contribution in [0.1, 0.15) is 17.0 Å². The molecule has 7 heteroatoms. The summed E-state index contributed by atoms with van der Waals surface area (Å²) in [6, 6.07) is 32.6. The maximum Gasteiger partial charge on any atom is 0.259 e. The molecule has 1 aliphatic heterocycles. The first-order valence-corrected chi connectivity index (χ1v) is 11.9. The van der Waals surface area contributed by atoms with Crippen molar-refractivity contribution in [2.75, 3.05) is 5.01 Å². The van der Waals surface area contributed by atoms with Crippen molar-refractivity contribution >= 4 is 28.1 Å². The molecule has 0 aliphatic carbocycles. The summed E-state index contributed by atoms with van der Waals surface area (Å²) in [7, 11) is 0. The number of nitriles is 2. The zero-order valence-electron chi connectivity index (χ0n) is 18.5. The van der Waals surface area contributed by atoms with Crippen molar-refractivity contribution in [3.63, 3.8) is 0 Å². The Kier molecular flexibility index (Phi) is 6.17. The van der Waals surface area contributed by atoms with Crippen LogP contribution in [0.2, 0.25) is 0 Å². The van der Waals surface area contributed by atoms with Crippen LogP contribution in [0, 0.1) is 34.5 Å². The van der Waals surface area contributed by atoms with Gasteiger partial charge in [0.05, 0.1) is 29.5 Å². The number of hydrogen-bond donors (Lipinski definition) is 0. The van der Waals surface area contributed by atoms with E-state index in [4.69, 9.17) is 5.10 Å². The number of hydrazone groups is 1. The Morgan fingerprint density at radius 2 is 1.40 bits per heavy atom. The zero-order valence-corrected chi connectivity index (χ0v) is 19.3. The number of rotatable bonds is 6. The van der Waals surface area contributed by atoms with Gasteiger partial charge in [-0.1, -0.05) is 91.0 Å². The van der Waals surface area contributed by atoms with Crippen LogP contribution in [0.25, 0.3) is 11.3 Å². The predicted octanol–water partition coefficient (Wildman–Crippen LogP) is 5.62. The maximum absolute atomic E-state index is 13.9. The number of carbonyl (C=O) groups excluding carboxylic acids is 1. The Balaban J connectivity index is 1.62. The van der Waals surface area contributed by atoms with E-state index in [-0.39, 0.29) is 5.91 Å². The highest BCUT2D eigenvalue weighted by Crippen LogP contribution is 2.41. The van der Waals surface area contributed by atoms with Gasteiger partial charge in [0.2, 0.25) is 5.13 Å². The lowest BCUT2D eigenvalue weighted by molar-refractivity contribution is -0.120. The Labute approximate surface area is 207 Å². The number of aromatic nitrogens is 1. The van der Waals surface area contributed by atoms with Crippen molar-refractivity contribution in [2.45, 2.75) is 5.92 Å². The highest BCUT2D eigenvalue weighted by molar-refractivity contribution is 7.14. The van der Waals surface area contributed by atoms with Gasteiger partial charge in [-0.05, 0) is 11.1 Å². The van der Waals surface area contributed by atoms with E-state index in [0.717, 1.165) is 22.4 Å². The van der Waals surface area contributed by atoms with E-state index in [2.05, 4.69) is 17.1 Å². The molecule has 0 saturated carbocycles. The molecule has 0 radical (unpaired) electrons. The number of hydrogen-bond acceptors (Lipinski definition) is 6. The van der Waals surface area contributed by atoms with Gasteiger partial charge in [-0.3, -0.25) is 4.79 Å². The summed E-state index contributed by atoms with van der Waals surface area (Å²) < 4.78 is 0. The molecule has 0 unspecified atom stereocenters. The maximum atomic E-state index is 13.9. The average molecular weight is 474 g/mol. The predicted molar refractivity (Wildman–Crippen MR) is 135 cm³/mol. The van der Waals surface area contributed by atoms with Crippen molar-refractivity contribution in [3.8, 4) is 23.4 Å². The first-order valence-electron chi connectivity index (χ1n) is 11.0. The quantitative estimate of drug-likeness (QED) is 0.363. The van der Waals surface area contributed by atoms with Crippen LogP contribution >= 0.6 is 11.3 Å².